The fourth-order valence-corrected chi connectivity index (χ4v) is 6.84. The Morgan fingerprint density at radius 3 is 2.38 bits per heavy atom. The Bertz CT molecular complexity index is 1260. The van der Waals surface area contributed by atoms with Gasteiger partial charge < -0.3 is 10.1 Å². The number of hydrogen-bond donors (Lipinski definition) is 1. The summed E-state index contributed by atoms with van der Waals surface area (Å²) in [6.07, 6.45) is 2.75. The molecule has 1 aliphatic heterocycles. The lowest BCUT2D eigenvalue weighted by molar-refractivity contribution is -0.117. The van der Waals surface area contributed by atoms with Crippen LogP contribution in [-0.2, 0) is 24.8 Å². The summed E-state index contributed by atoms with van der Waals surface area (Å²) in [6.45, 7) is 2.56. The number of hydrogen-bond acceptors (Lipinski definition) is 6. The maximum absolute atomic E-state index is 13.3. The molecule has 12 heteroatoms. The summed E-state index contributed by atoms with van der Waals surface area (Å²) in [4.78, 5) is 13.3. The van der Waals surface area contributed by atoms with Crippen LogP contribution in [0.4, 0.5) is 11.4 Å². The number of amides is 1. The van der Waals surface area contributed by atoms with Gasteiger partial charge in [-0.25, -0.2) is 16.8 Å². The van der Waals surface area contributed by atoms with Crippen LogP contribution in [0.5, 0.6) is 5.75 Å². The summed E-state index contributed by atoms with van der Waals surface area (Å²) in [7, 11) is -6.20. The molecule has 1 atom stereocenters. The van der Waals surface area contributed by atoms with Crippen LogP contribution in [0.25, 0.3) is 0 Å². The summed E-state index contributed by atoms with van der Waals surface area (Å²) < 4.78 is 59.0. The Hall–Kier alpha value is -2.34. The number of nitrogens with one attached hydrogen (secondary N) is 1. The number of anilines is 2. The molecule has 0 unspecified atom stereocenters. The van der Waals surface area contributed by atoms with E-state index >= 15 is 0 Å². The average molecular weight is 530 g/mol. The van der Waals surface area contributed by atoms with Crippen LogP contribution < -0.4 is 14.4 Å². The Kier molecular flexibility index (Phi) is 8.12. The van der Waals surface area contributed by atoms with Crippen molar-refractivity contribution in [1.82, 2.24) is 4.31 Å². The van der Waals surface area contributed by atoms with Crippen LogP contribution in [-0.4, -0.2) is 59.5 Å². The van der Waals surface area contributed by atoms with Gasteiger partial charge in [-0.15, -0.1) is 0 Å². The lowest BCUT2D eigenvalue weighted by atomic mass is 10.1. The van der Waals surface area contributed by atoms with Gasteiger partial charge in [-0.3, -0.25) is 9.10 Å². The third-order valence-electron chi connectivity index (χ3n) is 5.52. The van der Waals surface area contributed by atoms with Crippen LogP contribution >= 0.6 is 11.6 Å². The van der Waals surface area contributed by atoms with Gasteiger partial charge in [0.2, 0.25) is 26.0 Å². The minimum atomic E-state index is -3.86. The zero-order valence-electron chi connectivity index (χ0n) is 19.2. The molecule has 1 fully saturated rings. The average Bonchev–Trinajstić information content (AvgIpc) is 3.32. The largest absolute Gasteiger partial charge is 0.495 e. The first kappa shape index (κ1) is 26.3. The molecule has 0 radical (unpaired) electrons. The number of benzene rings is 2. The number of carbonyl (C=O) groups excluding carboxylic acids is 1. The van der Waals surface area contributed by atoms with Gasteiger partial charge in [0, 0.05) is 18.1 Å². The predicted octanol–water partition coefficient (Wildman–Crippen LogP) is 3.32. The van der Waals surface area contributed by atoms with Crippen molar-refractivity contribution in [2.24, 2.45) is 0 Å². The quantitative estimate of drug-likeness (QED) is 0.533. The van der Waals surface area contributed by atoms with Crippen LogP contribution in [0.2, 0.25) is 5.02 Å². The molecule has 3 rings (SSSR count). The number of halogens is 1. The van der Waals surface area contributed by atoms with Gasteiger partial charge in [-0.1, -0.05) is 24.6 Å². The van der Waals surface area contributed by atoms with Crippen molar-refractivity contribution in [3.8, 4) is 5.75 Å². The van der Waals surface area contributed by atoms with Crippen molar-refractivity contribution in [1.29, 1.82) is 0 Å². The summed E-state index contributed by atoms with van der Waals surface area (Å²) in [6, 6.07) is 9.31. The number of carbonyl (C=O) groups is 1. The molecular weight excluding hydrogens is 502 g/mol. The summed E-state index contributed by atoms with van der Waals surface area (Å²) >= 11 is 6.05. The van der Waals surface area contributed by atoms with Crippen LogP contribution in [0.15, 0.2) is 47.4 Å². The molecule has 0 spiro atoms. The third-order valence-corrected chi connectivity index (χ3v) is 8.83. The lowest BCUT2D eigenvalue weighted by Crippen LogP contribution is -2.47. The number of ether oxygens (including phenoxy) is 1. The van der Waals surface area contributed by atoms with Gasteiger partial charge in [0.25, 0.3) is 0 Å². The fourth-order valence-electron chi connectivity index (χ4n) is 3.91. The smallest absolute Gasteiger partial charge is 0.248 e. The van der Waals surface area contributed by atoms with Crippen molar-refractivity contribution in [3.63, 3.8) is 0 Å². The van der Waals surface area contributed by atoms with Gasteiger partial charge in [0.15, 0.2) is 0 Å². The van der Waals surface area contributed by atoms with E-state index in [1.807, 2.05) is 0 Å². The van der Waals surface area contributed by atoms with Gasteiger partial charge in [0.1, 0.15) is 11.8 Å². The van der Waals surface area contributed by atoms with Crippen molar-refractivity contribution in [2.45, 2.75) is 37.1 Å². The Morgan fingerprint density at radius 2 is 1.82 bits per heavy atom. The van der Waals surface area contributed by atoms with Gasteiger partial charge >= 0.3 is 0 Å². The molecule has 0 saturated carbocycles. The molecule has 2 aromatic carbocycles. The number of methoxy groups -OCH3 is 1. The molecule has 2 aromatic rings. The second-order valence-corrected chi connectivity index (χ2v) is 12.2. The van der Waals surface area contributed by atoms with Crippen LogP contribution in [0.1, 0.15) is 26.2 Å². The Labute approximate surface area is 205 Å². The molecular formula is C22H28ClN3O6S2. The number of sulfonamides is 2. The molecule has 34 heavy (non-hydrogen) atoms. The zero-order chi connectivity index (χ0) is 25.1. The zero-order valence-corrected chi connectivity index (χ0v) is 21.6. The second-order valence-electron chi connectivity index (χ2n) is 7.93. The van der Waals surface area contributed by atoms with E-state index in [2.05, 4.69) is 5.32 Å². The topological polar surface area (TPSA) is 113 Å². The van der Waals surface area contributed by atoms with Crippen molar-refractivity contribution in [2.75, 3.05) is 36.1 Å². The maximum atomic E-state index is 13.3. The first-order chi connectivity index (χ1) is 16.0. The number of rotatable bonds is 9. The van der Waals surface area contributed by atoms with E-state index in [1.165, 1.54) is 35.7 Å². The molecule has 1 heterocycles. The van der Waals surface area contributed by atoms with E-state index in [0.717, 1.165) is 23.4 Å². The van der Waals surface area contributed by atoms with E-state index in [1.54, 1.807) is 25.1 Å². The molecule has 1 amide bonds. The monoisotopic (exact) mass is 529 g/mol. The molecule has 0 bridgehead atoms. The molecule has 9 nitrogen and oxygen atoms in total. The highest BCUT2D eigenvalue weighted by Gasteiger charge is 2.33. The molecule has 0 aliphatic carbocycles. The lowest BCUT2D eigenvalue weighted by Gasteiger charge is -2.30. The molecule has 1 N–H and O–H groups in total. The van der Waals surface area contributed by atoms with E-state index in [-0.39, 0.29) is 28.4 Å². The SMILES string of the molecule is CC[C@@H](C(=O)Nc1cc(S(=O)(=O)N2CCCC2)ccc1OC)N(c1cccc(Cl)c1)S(C)(=O)=O. The normalized spacial score (nSPS) is 15.6. The summed E-state index contributed by atoms with van der Waals surface area (Å²) in [5, 5.41) is 2.99. The fraction of sp³-hybridized carbons (Fsp3) is 0.409. The number of nitrogens with zero attached hydrogens (tertiary/aromatic N) is 2. The molecule has 186 valence electrons. The van der Waals surface area contributed by atoms with Gasteiger partial charge in [-0.05, 0) is 55.7 Å². The molecule has 0 aromatic heterocycles. The van der Waals surface area contributed by atoms with E-state index in [9.17, 15) is 21.6 Å². The highest BCUT2D eigenvalue weighted by molar-refractivity contribution is 7.92. The van der Waals surface area contributed by atoms with Crippen LogP contribution in [0.3, 0.4) is 0 Å². The standard InChI is InChI=1S/C22H28ClN3O6S2/c1-4-20(26(33(3,28)29)17-9-7-8-16(23)14-17)22(27)24-19-15-18(10-11-21(19)32-2)34(30,31)25-12-5-6-13-25/h7-11,14-15,20H,4-6,12-13H2,1-3H3,(H,24,27)/t20-/m0/s1. The van der Waals surface area contributed by atoms with E-state index < -0.39 is 32.0 Å². The highest BCUT2D eigenvalue weighted by Crippen LogP contribution is 2.31. The van der Waals surface area contributed by atoms with E-state index in [0.29, 0.717) is 18.1 Å². The first-order valence-corrected chi connectivity index (χ1v) is 14.4. The van der Waals surface area contributed by atoms with Crippen molar-refractivity contribution in [3.05, 3.63) is 47.5 Å². The maximum Gasteiger partial charge on any atom is 0.248 e. The minimum Gasteiger partial charge on any atom is -0.495 e. The summed E-state index contributed by atoms with van der Waals surface area (Å²) in [5.41, 5.74) is 0.375. The highest BCUT2D eigenvalue weighted by atomic mass is 35.5. The minimum absolute atomic E-state index is 0.0216. The predicted molar refractivity (Wildman–Crippen MR) is 132 cm³/mol. The molecule has 1 saturated heterocycles. The summed E-state index contributed by atoms with van der Waals surface area (Å²) in [5.74, 6) is -0.390. The van der Waals surface area contributed by atoms with Crippen LogP contribution in [0, 0.1) is 0 Å². The first-order valence-electron chi connectivity index (χ1n) is 10.7. The molecule has 1 aliphatic rings. The Balaban J connectivity index is 1.97. The third kappa shape index (κ3) is 5.65. The van der Waals surface area contributed by atoms with E-state index in [4.69, 9.17) is 16.3 Å². The van der Waals surface area contributed by atoms with Crippen molar-refractivity contribution >= 4 is 48.9 Å². The van der Waals surface area contributed by atoms with Gasteiger partial charge in [-0.2, -0.15) is 4.31 Å². The van der Waals surface area contributed by atoms with Crippen molar-refractivity contribution < 1.29 is 26.4 Å². The second kappa shape index (κ2) is 10.5. The van der Waals surface area contributed by atoms with Gasteiger partial charge in [0.05, 0.1) is 29.6 Å². The Morgan fingerprint density at radius 1 is 1.15 bits per heavy atom.